The van der Waals surface area contributed by atoms with E-state index in [1.54, 1.807) is 3.97 Å². The van der Waals surface area contributed by atoms with Crippen LogP contribution in [0.15, 0.2) is 36.9 Å². The van der Waals surface area contributed by atoms with Crippen molar-refractivity contribution in [3.05, 3.63) is 42.5 Å². The lowest BCUT2D eigenvalue weighted by atomic mass is 9.90. The Bertz CT molecular complexity index is 1030. The molecule has 1 unspecified atom stereocenters. The van der Waals surface area contributed by atoms with E-state index in [1.807, 2.05) is 36.5 Å². The molecule has 1 fully saturated rings. The summed E-state index contributed by atoms with van der Waals surface area (Å²) in [6.45, 7) is 3.85. The van der Waals surface area contributed by atoms with E-state index in [4.69, 9.17) is 9.72 Å². The van der Waals surface area contributed by atoms with E-state index in [0.717, 1.165) is 61.3 Å². The van der Waals surface area contributed by atoms with E-state index in [2.05, 4.69) is 35.0 Å². The number of rotatable bonds is 3. The number of allylic oxidation sites excluding steroid dienone is 1. The van der Waals surface area contributed by atoms with Crippen LogP contribution in [-0.2, 0) is 11.8 Å². The lowest BCUT2D eigenvalue weighted by Gasteiger charge is -2.36. The maximum Gasteiger partial charge on any atom is 0.150 e. The Morgan fingerprint density at radius 2 is 2.00 bits per heavy atom. The summed E-state index contributed by atoms with van der Waals surface area (Å²) in [5.74, 6) is 0. The van der Waals surface area contributed by atoms with E-state index in [9.17, 15) is 0 Å². The van der Waals surface area contributed by atoms with Gasteiger partial charge in [-0.15, -0.1) is 0 Å². The van der Waals surface area contributed by atoms with Crippen LogP contribution in [-0.4, -0.2) is 56.0 Å². The van der Waals surface area contributed by atoms with Gasteiger partial charge in [0.05, 0.1) is 19.4 Å². The first-order valence-corrected chi connectivity index (χ1v) is 10.3. The highest BCUT2D eigenvalue weighted by Crippen LogP contribution is 2.34. The van der Waals surface area contributed by atoms with Gasteiger partial charge in [-0.25, -0.2) is 4.98 Å². The molecule has 4 heterocycles. The molecule has 3 aromatic heterocycles. The van der Waals surface area contributed by atoms with Crippen LogP contribution >= 0.6 is 12.8 Å². The van der Waals surface area contributed by atoms with E-state index in [1.165, 1.54) is 17.6 Å². The number of pyridine rings is 1. The van der Waals surface area contributed by atoms with Gasteiger partial charge in [0, 0.05) is 61.3 Å². The number of aryl methyl sites for hydroxylation is 1. The molecule has 0 aromatic carbocycles. The molecule has 5 rings (SSSR count). The molecule has 0 bridgehead atoms. The second-order valence-corrected chi connectivity index (χ2v) is 8.12. The molecule has 146 valence electrons. The van der Waals surface area contributed by atoms with Gasteiger partial charge < -0.3 is 4.74 Å². The molecular weight excluding hydrogens is 370 g/mol. The fourth-order valence-electron chi connectivity index (χ4n) is 4.41. The van der Waals surface area contributed by atoms with Crippen molar-refractivity contribution in [3.63, 3.8) is 0 Å². The lowest BCUT2D eigenvalue weighted by Crippen LogP contribution is -2.43. The predicted molar refractivity (Wildman–Crippen MR) is 114 cm³/mol. The number of fused-ring (bicyclic) bond motifs is 1. The second kappa shape index (κ2) is 7.39. The summed E-state index contributed by atoms with van der Waals surface area (Å²) < 4.78 is 9.11. The Morgan fingerprint density at radius 1 is 1.14 bits per heavy atom. The van der Waals surface area contributed by atoms with E-state index >= 15 is 0 Å². The average Bonchev–Trinajstić information content (AvgIpc) is 3.32. The fourth-order valence-corrected chi connectivity index (χ4v) is 4.69. The SMILES string of the molecule is Cn1cc(-c2cn(S)c3ncc(C4=CCC(N5CCOCC5)CC4)cc23)cn1. The zero-order valence-corrected chi connectivity index (χ0v) is 17.0. The molecule has 2 aliphatic rings. The minimum Gasteiger partial charge on any atom is -0.379 e. The van der Waals surface area contributed by atoms with Crippen molar-refractivity contribution in [2.45, 2.75) is 25.3 Å². The monoisotopic (exact) mass is 395 g/mol. The third-order valence-electron chi connectivity index (χ3n) is 5.96. The zero-order valence-electron chi connectivity index (χ0n) is 16.1. The standard InChI is InChI=1S/C21H25N5OS/c1-24-13-17(12-23-24)20-14-26(28)21-19(20)10-16(11-22-21)15-2-4-18(5-3-15)25-6-8-27-9-7-25/h2,10-14,18,28H,3-9H2,1H3. The van der Waals surface area contributed by atoms with Gasteiger partial charge in [0.1, 0.15) is 5.65 Å². The van der Waals surface area contributed by atoms with Crippen LogP contribution in [0.5, 0.6) is 0 Å². The Hall–Kier alpha value is -2.09. The Labute approximate surface area is 170 Å². The number of ether oxygens (including phenoxy) is 1. The molecule has 0 spiro atoms. The molecule has 28 heavy (non-hydrogen) atoms. The molecule has 7 heteroatoms. The topological polar surface area (TPSA) is 48.1 Å². The normalized spacial score (nSPS) is 21.2. The van der Waals surface area contributed by atoms with Crippen molar-refractivity contribution in [2.24, 2.45) is 7.05 Å². The Balaban J connectivity index is 1.44. The Kier molecular flexibility index (Phi) is 4.74. The number of aromatic nitrogens is 4. The number of hydrogen-bond donors (Lipinski definition) is 1. The molecule has 0 amide bonds. The van der Waals surface area contributed by atoms with Crippen LogP contribution < -0.4 is 0 Å². The number of morpholine rings is 1. The van der Waals surface area contributed by atoms with Gasteiger partial charge >= 0.3 is 0 Å². The van der Waals surface area contributed by atoms with Crippen LogP contribution in [0.1, 0.15) is 24.8 Å². The number of thiol groups is 1. The third kappa shape index (κ3) is 3.27. The Morgan fingerprint density at radius 3 is 2.71 bits per heavy atom. The summed E-state index contributed by atoms with van der Waals surface area (Å²) >= 11 is 4.56. The molecule has 0 saturated carbocycles. The van der Waals surface area contributed by atoms with Gasteiger partial charge in [-0.2, -0.15) is 5.10 Å². The summed E-state index contributed by atoms with van der Waals surface area (Å²) in [6.07, 6.45) is 13.7. The number of hydrogen-bond acceptors (Lipinski definition) is 5. The van der Waals surface area contributed by atoms with E-state index < -0.39 is 0 Å². The van der Waals surface area contributed by atoms with Crippen LogP contribution in [0.2, 0.25) is 0 Å². The maximum atomic E-state index is 5.49. The van der Waals surface area contributed by atoms with Crippen molar-refractivity contribution >= 4 is 29.4 Å². The minimum atomic E-state index is 0.647. The van der Waals surface area contributed by atoms with Crippen molar-refractivity contribution in [3.8, 4) is 11.1 Å². The largest absolute Gasteiger partial charge is 0.379 e. The van der Waals surface area contributed by atoms with Crippen molar-refractivity contribution < 1.29 is 4.74 Å². The zero-order chi connectivity index (χ0) is 19.1. The van der Waals surface area contributed by atoms with Crippen LogP contribution in [0.4, 0.5) is 0 Å². The quantitative estimate of drug-likeness (QED) is 0.691. The molecule has 1 saturated heterocycles. The maximum absolute atomic E-state index is 5.49. The van der Waals surface area contributed by atoms with Gasteiger partial charge in [-0.1, -0.05) is 18.9 Å². The summed E-state index contributed by atoms with van der Waals surface area (Å²) in [5, 5.41) is 5.43. The van der Waals surface area contributed by atoms with Crippen LogP contribution in [0, 0.1) is 0 Å². The molecular formula is C21H25N5OS. The first-order chi connectivity index (χ1) is 13.7. The van der Waals surface area contributed by atoms with Crippen LogP contribution in [0.3, 0.4) is 0 Å². The highest BCUT2D eigenvalue weighted by Gasteiger charge is 2.24. The van der Waals surface area contributed by atoms with Crippen molar-refractivity contribution in [1.82, 2.24) is 23.6 Å². The highest BCUT2D eigenvalue weighted by atomic mass is 32.1. The summed E-state index contributed by atoms with van der Waals surface area (Å²) in [4.78, 5) is 7.29. The second-order valence-electron chi connectivity index (χ2n) is 7.69. The summed E-state index contributed by atoms with van der Waals surface area (Å²) in [6, 6.07) is 2.91. The third-order valence-corrected chi connectivity index (χ3v) is 6.26. The molecule has 0 N–H and O–H groups in total. The van der Waals surface area contributed by atoms with Crippen molar-refractivity contribution in [1.29, 1.82) is 0 Å². The minimum absolute atomic E-state index is 0.647. The first-order valence-electron chi connectivity index (χ1n) is 9.89. The van der Waals surface area contributed by atoms with Gasteiger partial charge in [0.2, 0.25) is 0 Å². The van der Waals surface area contributed by atoms with Gasteiger partial charge in [0.25, 0.3) is 0 Å². The molecule has 1 aliphatic heterocycles. The molecule has 0 radical (unpaired) electrons. The highest BCUT2D eigenvalue weighted by molar-refractivity contribution is 7.78. The molecule has 3 aromatic rings. The molecule has 1 atom stereocenters. The molecule has 1 aliphatic carbocycles. The predicted octanol–water partition coefficient (Wildman–Crippen LogP) is 3.40. The van der Waals surface area contributed by atoms with Gasteiger partial charge in [-0.05, 0) is 36.5 Å². The average molecular weight is 396 g/mol. The van der Waals surface area contributed by atoms with Gasteiger partial charge in [0.15, 0.2) is 0 Å². The van der Waals surface area contributed by atoms with Gasteiger partial charge in [-0.3, -0.25) is 13.6 Å². The van der Waals surface area contributed by atoms with E-state index in [-0.39, 0.29) is 0 Å². The molecule has 6 nitrogen and oxygen atoms in total. The lowest BCUT2D eigenvalue weighted by molar-refractivity contribution is 0.0150. The summed E-state index contributed by atoms with van der Waals surface area (Å²) in [5.41, 5.74) is 5.72. The van der Waals surface area contributed by atoms with E-state index in [0.29, 0.717) is 6.04 Å². The van der Waals surface area contributed by atoms with Crippen LogP contribution in [0.25, 0.3) is 27.7 Å². The summed E-state index contributed by atoms with van der Waals surface area (Å²) in [7, 11) is 1.94. The smallest absolute Gasteiger partial charge is 0.150 e. The first kappa shape index (κ1) is 18.0. The number of nitrogens with zero attached hydrogens (tertiary/aromatic N) is 5. The van der Waals surface area contributed by atoms with Crippen molar-refractivity contribution in [2.75, 3.05) is 26.3 Å². The fraction of sp³-hybridized carbons (Fsp3) is 0.429.